The highest BCUT2D eigenvalue weighted by atomic mass is 16.3. The van der Waals surface area contributed by atoms with Gasteiger partial charge >= 0.3 is 5.69 Å². The van der Waals surface area contributed by atoms with Crippen LogP contribution >= 0.6 is 0 Å². The van der Waals surface area contributed by atoms with Crippen molar-refractivity contribution in [3.8, 4) is 22.7 Å². The minimum atomic E-state index is -0.302. The summed E-state index contributed by atoms with van der Waals surface area (Å²) >= 11 is 0. The first kappa shape index (κ1) is 18.2. The molecule has 2 heterocycles. The van der Waals surface area contributed by atoms with Crippen LogP contribution in [0.3, 0.4) is 0 Å². The third-order valence-electron chi connectivity index (χ3n) is 4.40. The number of aromatic amines is 1. The van der Waals surface area contributed by atoms with Gasteiger partial charge in [-0.05, 0) is 48.0 Å². The van der Waals surface area contributed by atoms with Crippen LogP contribution in [-0.4, -0.2) is 25.4 Å². The van der Waals surface area contributed by atoms with E-state index < -0.39 is 0 Å². The summed E-state index contributed by atoms with van der Waals surface area (Å²) in [6.45, 7) is 0. The highest BCUT2D eigenvalue weighted by molar-refractivity contribution is 6.07. The Labute approximate surface area is 166 Å². The molecule has 2 N–H and O–H groups in total. The van der Waals surface area contributed by atoms with Crippen molar-refractivity contribution < 1.29 is 9.90 Å². The average molecular weight is 383 g/mol. The smallest absolute Gasteiger partial charge is 0.330 e. The number of phenols is 1. The monoisotopic (exact) mass is 383 g/mol. The highest BCUT2D eigenvalue weighted by Crippen LogP contribution is 2.17. The van der Waals surface area contributed by atoms with Crippen molar-refractivity contribution in [1.29, 1.82) is 0 Å². The standard InChI is InChI=1S/C23H17N3O3/c27-20-8-1-4-16(12-20)9-10-22(28)17-5-2-7-19(13-17)26-15-21(25-23(26)29)18-6-3-11-24-14-18/h1-15,27H,(H,25,29). The molecule has 142 valence electrons. The van der Waals surface area contributed by atoms with E-state index in [0.29, 0.717) is 16.9 Å². The minimum absolute atomic E-state index is 0.137. The molecule has 0 saturated heterocycles. The first-order valence-corrected chi connectivity index (χ1v) is 8.94. The molecule has 4 rings (SSSR count). The molecule has 29 heavy (non-hydrogen) atoms. The van der Waals surface area contributed by atoms with Crippen molar-refractivity contribution in [2.45, 2.75) is 0 Å². The van der Waals surface area contributed by atoms with Crippen molar-refractivity contribution in [1.82, 2.24) is 14.5 Å². The molecule has 6 heteroatoms. The summed E-state index contributed by atoms with van der Waals surface area (Å²) in [7, 11) is 0. The Morgan fingerprint density at radius 2 is 1.93 bits per heavy atom. The van der Waals surface area contributed by atoms with Crippen LogP contribution in [0, 0.1) is 0 Å². The van der Waals surface area contributed by atoms with Crippen molar-refractivity contribution in [3.05, 3.63) is 107 Å². The predicted molar refractivity (Wildman–Crippen MR) is 111 cm³/mol. The zero-order valence-corrected chi connectivity index (χ0v) is 15.3. The number of rotatable bonds is 5. The van der Waals surface area contributed by atoms with Crippen molar-refractivity contribution in [3.63, 3.8) is 0 Å². The Hall–Kier alpha value is -4.19. The summed E-state index contributed by atoms with van der Waals surface area (Å²) in [6.07, 6.45) is 8.10. The lowest BCUT2D eigenvalue weighted by molar-refractivity contribution is 0.104. The van der Waals surface area contributed by atoms with Gasteiger partial charge in [0.15, 0.2) is 5.78 Å². The molecule has 0 radical (unpaired) electrons. The van der Waals surface area contributed by atoms with Gasteiger partial charge in [0.05, 0.1) is 11.4 Å². The number of phenolic OH excluding ortho intramolecular Hbond substituents is 1. The number of pyridine rings is 1. The molecule has 2 aromatic heterocycles. The second-order valence-corrected chi connectivity index (χ2v) is 6.43. The van der Waals surface area contributed by atoms with Crippen LogP contribution in [-0.2, 0) is 0 Å². The van der Waals surface area contributed by atoms with E-state index in [-0.39, 0.29) is 17.2 Å². The topological polar surface area (TPSA) is 88.0 Å². The summed E-state index contributed by atoms with van der Waals surface area (Å²) < 4.78 is 1.46. The van der Waals surface area contributed by atoms with Gasteiger partial charge in [-0.2, -0.15) is 0 Å². The van der Waals surface area contributed by atoms with Crippen molar-refractivity contribution in [2.75, 3.05) is 0 Å². The number of imidazole rings is 1. The molecule has 0 spiro atoms. The summed E-state index contributed by atoms with van der Waals surface area (Å²) in [5.74, 6) is -0.0656. The van der Waals surface area contributed by atoms with E-state index in [1.165, 1.54) is 10.6 Å². The second kappa shape index (κ2) is 7.82. The number of aromatic nitrogens is 3. The fraction of sp³-hybridized carbons (Fsp3) is 0. The SMILES string of the molecule is O=C(C=Cc1cccc(O)c1)c1cccc(-n2cc(-c3cccnc3)[nH]c2=O)c1. The van der Waals surface area contributed by atoms with Gasteiger partial charge in [-0.15, -0.1) is 0 Å². The van der Waals surface area contributed by atoms with Gasteiger partial charge < -0.3 is 10.1 Å². The zero-order chi connectivity index (χ0) is 20.2. The van der Waals surface area contributed by atoms with Gasteiger partial charge in [0, 0.05) is 29.7 Å². The molecule has 4 aromatic rings. The molecule has 0 saturated carbocycles. The highest BCUT2D eigenvalue weighted by Gasteiger charge is 2.09. The first-order chi connectivity index (χ1) is 14.1. The number of aromatic hydroxyl groups is 1. The Morgan fingerprint density at radius 1 is 1.07 bits per heavy atom. The number of hydrogen-bond acceptors (Lipinski definition) is 4. The summed E-state index contributed by atoms with van der Waals surface area (Å²) in [4.78, 5) is 31.8. The zero-order valence-electron chi connectivity index (χ0n) is 15.3. The number of benzene rings is 2. The Bertz CT molecular complexity index is 1250. The maximum absolute atomic E-state index is 12.5. The van der Waals surface area contributed by atoms with E-state index in [4.69, 9.17) is 0 Å². The molecule has 2 aromatic carbocycles. The molecule has 0 unspecified atom stereocenters. The molecule has 0 atom stereocenters. The van der Waals surface area contributed by atoms with E-state index in [1.807, 2.05) is 6.07 Å². The maximum atomic E-state index is 12.5. The first-order valence-electron chi connectivity index (χ1n) is 8.94. The molecule has 0 fully saturated rings. The quantitative estimate of drug-likeness (QED) is 0.405. The fourth-order valence-corrected chi connectivity index (χ4v) is 2.96. The van der Waals surface area contributed by atoms with Gasteiger partial charge in [0.2, 0.25) is 0 Å². The Morgan fingerprint density at radius 3 is 2.72 bits per heavy atom. The van der Waals surface area contributed by atoms with Crippen LogP contribution < -0.4 is 5.69 Å². The summed E-state index contributed by atoms with van der Waals surface area (Å²) in [6, 6.07) is 17.1. The summed E-state index contributed by atoms with van der Waals surface area (Å²) in [5.41, 5.74) is 2.89. The van der Waals surface area contributed by atoms with Crippen LogP contribution in [0.5, 0.6) is 5.75 Å². The number of allylic oxidation sites excluding steroid dienone is 1. The molecular weight excluding hydrogens is 366 g/mol. The second-order valence-electron chi connectivity index (χ2n) is 6.43. The molecule has 0 bridgehead atoms. The van der Waals surface area contributed by atoms with E-state index in [2.05, 4.69) is 9.97 Å². The average Bonchev–Trinajstić information content (AvgIpc) is 3.14. The molecular formula is C23H17N3O3. The lowest BCUT2D eigenvalue weighted by Crippen LogP contribution is -2.14. The number of H-pyrrole nitrogens is 1. The van der Waals surface area contributed by atoms with E-state index in [1.54, 1.807) is 79.3 Å². The van der Waals surface area contributed by atoms with Gasteiger partial charge in [-0.25, -0.2) is 4.79 Å². The van der Waals surface area contributed by atoms with Gasteiger partial charge in [-0.3, -0.25) is 14.3 Å². The Kier molecular flexibility index (Phi) is 4.90. The maximum Gasteiger partial charge on any atom is 0.330 e. The van der Waals surface area contributed by atoms with E-state index in [0.717, 1.165) is 11.1 Å². The van der Waals surface area contributed by atoms with Crippen LogP contribution in [0.2, 0.25) is 0 Å². The molecule has 0 aliphatic rings. The van der Waals surface area contributed by atoms with Crippen LogP contribution in [0.4, 0.5) is 0 Å². The fourth-order valence-electron chi connectivity index (χ4n) is 2.96. The molecule has 6 nitrogen and oxygen atoms in total. The normalized spacial score (nSPS) is 11.0. The lowest BCUT2D eigenvalue weighted by atomic mass is 10.1. The number of carbonyl (C=O) groups excluding carboxylic acids is 1. The predicted octanol–water partition coefficient (Wildman–Crippen LogP) is 3.83. The third kappa shape index (κ3) is 4.06. The van der Waals surface area contributed by atoms with Crippen LogP contribution in [0.1, 0.15) is 15.9 Å². The van der Waals surface area contributed by atoms with Gasteiger partial charge in [0.25, 0.3) is 0 Å². The number of nitrogens with zero attached hydrogens (tertiary/aromatic N) is 2. The lowest BCUT2D eigenvalue weighted by Gasteiger charge is -2.03. The van der Waals surface area contributed by atoms with Crippen molar-refractivity contribution in [2.24, 2.45) is 0 Å². The number of carbonyl (C=O) groups is 1. The van der Waals surface area contributed by atoms with Crippen molar-refractivity contribution >= 4 is 11.9 Å². The Balaban J connectivity index is 1.62. The van der Waals surface area contributed by atoms with Gasteiger partial charge in [0.1, 0.15) is 5.75 Å². The van der Waals surface area contributed by atoms with Crippen LogP contribution in [0.15, 0.2) is 90.1 Å². The number of nitrogens with one attached hydrogen (secondary N) is 1. The molecule has 0 aliphatic heterocycles. The largest absolute Gasteiger partial charge is 0.508 e. The minimum Gasteiger partial charge on any atom is -0.508 e. The van der Waals surface area contributed by atoms with E-state index >= 15 is 0 Å². The van der Waals surface area contributed by atoms with Gasteiger partial charge in [-0.1, -0.05) is 30.3 Å². The number of ketones is 1. The van der Waals surface area contributed by atoms with E-state index in [9.17, 15) is 14.7 Å². The number of hydrogen-bond donors (Lipinski definition) is 2. The van der Waals surface area contributed by atoms with Crippen LogP contribution in [0.25, 0.3) is 23.0 Å². The third-order valence-corrected chi connectivity index (χ3v) is 4.40. The summed E-state index contributed by atoms with van der Waals surface area (Å²) in [5, 5.41) is 9.51. The molecule has 0 aliphatic carbocycles. The molecule has 0 amide bonds.